The summed E-state index contributed by atoms with van der Waals surface area (Å²) in [5.41, 5.74) is 6.09. The van der Waals surface area contributed by atoms with E-state index in [4.69, 9.17) is 20.0 Å². The topological polar surface area (TPSA) is 65.3 Å². The van der Waals surface area contributed by atoms with Crippen LogP contribution in [0.1, 0.15) is 28.5 Å². The molecule has 0 saturated heterocycles. The molecule has 1 unspecified atom stereocenters. The molecule has 0 fully saturated rings. The fourth-order valence-corrected chi connectivity index (χ4v) is 7.39. The monoisotopic (exact) mass is 540 g/mol. The number of nitrogens with zero attached hydrogens (tertiary/aromatic N) is 8. The van der Waals surface area contributed by atoms with E-state index in [1.165, 1.54) is 0 Å². The Morgan fingerprint density at radius 1 is 0.500 bits per heavy atom. The Bertz CT molecular complexity index is 2590. The highest BCUT2D eigenvalue weighted by Crippen LogP contribution is 2.46. The minimum absolute atomic E-state index is 0.327. The first kappa shape index (κ1) is 21.0. The minimum Gasteiger partial charge on any atom is -0.229 e. The molecular weight excluding hydrogens is 520 g/mol. The normalized spacial score (nSPS) is 18.4. The molecule has 0 amide bonds. The van der Waals surface area contributed by atoms with Gasteiger partial charge in [0, 0.05) is 21.5 Å². The Morgan fingerprint density at radius 3 is 1.62 bits per heavy atom. The molecular formula is C34H20N8+2. The lowest BCUT2D eigenvalue weighted by atomic mass is 10.1. The number of rotatable bonds is 0. The highest BCUT2D eigenvalue weighted by molar-refractivity contribution is 6.18. The zero-order chi connectivity index (χ0) is 27.3. The molecule has 0 spiro atoms. The van der Waals surface area contributed by atoms with Crippen molar-refractivity contribution in [3.8, 4) is 0 Å². The molecule has 11 rings (SSSR count). The summed E-state index contributed by atoms with van der Waals surface area (Å²) in [6, 6.07) is 33.8. The zero-order valence-electron chi connectivity index (χ0n) is 22.4. The maximum Gasteiger partial charge on any atom is 0.276 e. The molecule has 2 bridgehead atoms. The van der Waals surface area contributed by atoms with Gasteiger partial charge in [0.05, 0.1) is 29.3 Å². The molecule has 4 aromatic carbocycles. The predicted octanol–water partition coefficient (Wildman–Crippen LogP) is 4.21. The summed E-state index contributed by atoms with van der Waals surface area (Å²) < 4.78 is 8.98. The largest absolute Gasteiger partial charge is 0.276 e. The van der Waals surface area contributed by atoms with Crippen molar-refractivity contribution >= 4 is 56.5 Å². The molecule has 2 aromatic heterocycles. The van der Waals surface area contributed by atoms with E-state index in [1.807, 2.05) is 0 Å². The van der Waals surface area contributed by atoms with Crippen molar-refractivity contribution in [1.82, 2.24) is 9.13 Å². The van der Waals surface area contributed by atoms with Gasteiger partial charge in [0.2, 0.25) is 22.6 Å². The van der Waals surface area contributed by atoms with Crippen LogP contribution >= 0.6 is 0 Å². The van der Waals surface area contributed by atoms with Crippen LogP contribution in [-0.4, -0.2) is 48.7 Å². The highest BCUT2D eigenvalue weighted by Gasteiger charge is 2.50. The van der Waals surface area contributed by atoms with Gasteiger partial charge in [0.25, 0.3) is 29.6 Å². The van der Waals surface area contributed by atoms with Crippen LogP contribution < -0.4 is 11.0 Å². The van der Waals surface area contributed by atoms with Gasteiger partial charge in [-0.25, -0.2) is 13.7 Å². The van der Waals surface area contributed by atoms with E-state index >= 15 is 0 Å². The third-order valence-corrected chi connectivity index (χ3v) is 9.18. The van der Waals surface area contributed by atoms with Crippen molar-refractivity contribution in [2.24, 2.45) is 20.0 Å². The van der Waals surface area contributed by atoms with Crippen LogP contribution in [0.25, 0.3) is 21.5 Å². The second-order valence-corrected chi connectivity index (χ2v) is 11.2. The lowest BCUT2D eigenvalue weighted by molar-refractivity contribution is -0.494. The first-order chi connectivity index (χ1) is 20.8. The average Bonchev–Trinajstić information content (AvgIpc) is 3.72. The molecule has 5 aliphatic rings. The lowest BCUT2D eigenvalue weighted by Gasteiger charge is -2.26. The molecule has 0 N–H and O–H groups in total. The smallest absolute Gasteiger partial charge is 0.229 e. The van der Waals surface area contributed by atoms with Gasteiger partial charge in [0.1, 0.15) is 0 Å². The first-order valence-electron chi connectivity index (χ1n) is 14.1. The summed E-state index contributed by atoms with van der Waals surface area (Å²) in [5, 5.41) is 4.29. The Hall–Kier alpha value is -5.76. The third kappa shape index (κ3) is 2.23. The van der Waals surface area contributed by atoms with Crippen LogP contribution in [0, 0.1) is 0 Å². The Morgan fingerprint density at radius 2 is 0.976 bits per heavy atom. The molecule has 194 valence electrons. The van der Waals surface area contributed by atoms with Crippen molar-refractivity contribution in [3.63, 3.8) is 0 Å². The Kier molecular flexibility index (Phi) is 3.47. The number of hydrogen-bond acceptors (Lipinski definition) is 4. The van der Waals surface area contributed by atoms with Gasteiger partial charge < -0.3 is 0 Å². The van der Waals surface area contributed by atoms with E-state index in [0.29, 0.717) is 0 Å². The number of aliphatic imine (C=N–C) groups is 2. The van der Waals surface area contributed by atoms with E-state index in [-0.39, 0.29) is 6.29 Å². The second-order valence-electron chi connectivity index (χ2n) is 11.2. The van der Waals surface area contributed by atoms with Crippen LogP contribution in [0.4, 0.5) is 11.6 Å². The van der Waals surface area contributed by atoms with Crippen molar-refractivity contribution in [1.29, 1.82) is 0 Å². The molecule has 0 saturated carbocycles. The van der Waals surface area contributed by atoms with Gasteiger partial charge in [-0.3, -0.25) is 0 Å². The molecule has 6 aromatic rings. The minimum atomic E-state index is -0.327. The summed E-state index contributed by atoms with van der Waals surface area (Å²) in [6.45, 7) is 0. The lowest BCUT2D eigenvalue weighted by Crippen LogP contribution is -2.48. The summed E-state index contributed by atoms with van der Waals surface area (Å²) in [5.74, 6) is 5.35. The maximum atomic E-state index is 5.47. The van der Waals surface area contributed by atoms with Crippen LogP contribution in [0.2, 0.25) is 0 Å². The van der Waals surface area contributed by atoms with Crippen LogP contribution in [0.3, 0.4) is 0 Å². The zero-order valence-corrected chi connectivity index (χ0v) is 22.4. The molecule has 7 heterocycles. The van der Waals surface area contributed by atoms with Gasteiger partial charge in [-0.15, -0.1) is 0 Å². The maximum absolute atomic E-state index is 5.47. The van der Waals surface area contributed by atoms with E-state index in [9.17, 15) is 0 Å². The Labute approximate surface area is 238 Å². The van der Waals surface area contributed by atoms with Crippen molar-refractivity contribution < 1.29 is 9.15 Å². The number of hydrogen-bond donors (Lipinski definition) is 0. The first-order valence-corrected chi connectivity index (χ1v) is 14.1. The van der Waals surface area contributed by atoms with Crippen LogP contribution in [0.5, 0.6) is 0 Å². The number of fused-ring (bicyclic) bond motifs is 13. The molecule has 1 atom stereocenters. The van der Waals surface area contributed by atoms with Gasteiger partial charge in [-0.2, -0.15) is 4.58 Å². The number of benzene rings is 4. The molecule has 5 aliphatic heterocycles. The van der Waals surface area contributed by atoms with E-state index in [0.717, 1.165) is 89.8 Å². The van der Waals surface area contributed by atoms with Gasteiger partial charge in [-0.05, 0) is 48.5 Å². The standard InChI is InChI=1S/C34H20N8/c1-39-26-18-10-2-3-11-19(18)27(39)36-29-21-13-5-7-15-23(21)31-38-33-25-17-9-8-16-24(25)32-37-30-22-14-6-4-12-20(22)28(35-26)40(30)34(41(29)31)42(32)33/h2-17,34H,1H3/q+2. The summed E-state index contributed by atoms with van der Waals surface area (Å²) in [4.78, 5) is 21.7. The molecule has 0 aliphatic carbocycles. The third-order valence-electron chi connectivity index (χ3n) is 9.18. The quantitative estimate of drug-likeness (QED) is 0.259. The van der Waals surface area contributed by atoms with E-state index < -0.39 is 0 Å². The number of aromatic nitrogens is 2. The van der Waals surface area contributed by atoms with Gasteiger partial charge >= 0.3 is 0 Å². The molecule has 8 heteroatoms. The van der Waals surface area contributed by atoms with Gasteiger partial charge in [0.15, 0.2) is 0 Å². The molecule has 0 radical (unpaired) electrons. The van der Waals surface area contributed by atoms with Crippen LogP contribution in [0.15, 0.2) is 117 Å². The van der Waals surface area contributed by atoms with E-state index in [2.05, 4.69) is 122 Å². The average molecular weight is 541 g/mol. The van der Waals surface area contributed by atoms with Crippen molar-refractivity contribution in [2.45, 2.75) is 6.29 Å². The second kappa shape index (κ2) is 6.92. The van der Waals surface area contributed by atoms with Crippen LogP contribution in [-0.2, 0) is 0 Å². The van der Waals surface area contributed by atoms with Crippen molar-refractivity contribution in [2.75, 3.05) is 7.05 Å². The van der Waals surface area contributed by atoms with Gasteiger partial charge in [-0.1, -0.05) is 68.5 Å². The fraction of sp³-hybridized carbons (Fsp3) is 0.0588. The summed E-state index contributed by atoms with van der Waals surface area (Å²) in [6.07, 6.45) is -0.327. The highest BCUT2D eigenvalue weighted by atomic mass is 15.5. The predicted molar refractivity (Wildman–Crippen MR) is 161 cm³/mol. The molecule has 42 heavy (non-hydrogen) atoms. The summed E-state index contributed by atoms with van der Waals surface area (Å²) >= 11 is 0. The van der Waals surface area contributed by atoms with Crippen molar-refractivity contribution in [3.05, 3.63) is 130 Å². The number of amidine groups is 4. The summed E-state index contributed by atoms with van der Waals surface area (Å²) in [7, 11) is 2.06. The fourth-order valence-electron chi connectivity index (χ4n) is 7.39. The van der Waals surface area contributed by atoms with E-state index in [1.54, 1.807) is 0 Å². The molecule has 8 nitrogen and oxygen atoms in total. The SMILES string of the molecule is C[N+]1=C2N=c3c4ccccc4c4n3C3n5c(c6ccccc6c5N=C5c6ccccc6C(=[N+]53)N=4)N=C1c1ccccc12. The Balaban J connectivity index is 1.45.